The molecule has 0 radical (unpaired) electrons. The van der Waals surface area contributed by atoms with Crippen LogP contribution in [0.1, 0.15) is 30.0 Å². The van der Waals surface area contributed by atoms with Crippen LogP contribution in [-0.4, -0.2) is 53.2 Å². The molecular weight excluding hydrogens is 422 g/mol. The van der Waals surface area contributed by atoms with Gasteiger partial charge in [0.15, 0.2) is 11.5 Å². The largest absolute Gasteiger partial charge is 0.507 e. The van der Waals surface area contributed by atoms with Crippen molar-refractivity contribution in [1.29, 1.82) is 0 Å². The first-order valence-corrected chi connectivity index (χ1v) is 10.3. The number of amides is 1. The lowest BCUT2D eigenvalue weighted by Crippen LogP contribution is -2.36. The van der Waals surface area contributed by atoms with Gasteiger partial charge in [-0.3, -0.25) is 9.59 Å². The van der Waals surface area contributed by atoms with Crippen molar-refractivity contribution in [2.24, 2.45) is 0 Å². The van der Waals surface area contributed by atoms with Gasteiger partial charge in [-0.25, -0.2) is 0 Å². The number of aliphatic hydroxyl groups is 1. The minimum atomic E-state index is -0.878. The number of benzene rings is 2. The van der Waals surface area contributed by atoms with Gasteiger partial charge < -0.3 is 24.6 Å². The Morgan fingerprint density at radius 3 is 2.58 bits per heavy atom. The van der Waals surface area contributed by atoms with E-state index in [0.29, 0.717) is 22.8 Å². The third-order valence-corrected chi connectivity index (χ3v) is 5.85. The number of methoxy groups -OCH3 is 1. The monoisotopic (exact) mass is 443 g/mol. The Kier molecular flexibility index (Phi) is 5.89. The summed E-state index contributed by atoms with van der Waals surface area (Å²) >= 11 is 5.94. The maximum absolute atomic E-state index is 13.0. The van der Waals surface area contributed by atoms with E-state index in [9.17, 15) is 19.8 Å². The van der Waals surface area contributed by atoms with E-state index in [4.69, 9.17) is 21.1 Å². The molecule has 2 fully saturated rings. The molecule has 2 unspecified atom stereocenters. The molecule has 2 aromatic carbocycles. The van der Waals surface area contributed by atoms with Gasteiger partial charge in [0.05, 0.1) is 24.8 Å². The normalized spacial score (nSPS) is 22.8. The van der Waals surface area contributed by atoms with Crippen LogP contribution in [0.4, 0.5) is 0 Å². The van der Waals surface area contributed by atoms with E-state index in [-0.39, 0.29) is 35.5 Å². The van der Waals surface area contributed by atoms with E-state index >= 15 is 0 Å². The van der Waals surface area contributed by atoms with Crippen molar-refractivity contribution < 1.29 is 29.3 Å². The molecule has 2 atom stereocenters. The molecule has 162 valence electrons. The highest BCUT2D eigenvalue weighted by Gasteiger charge is 2.47. The fraction of sp³-hybridized carbons (Fsp3) is 0.304. The Bertz CT molecular complexity index is 1040. The predicted octanol–water partition coefficient (Wildman–Crippen LogP) is 3.65. The van der Waals surface area contributed by atoms with E-state index in [1.54, 1.807) is 36.4 Å². The number of rotatable bonds is 5. The molecule has 7 nitrogen and oxygen atoms in total. The Morgan fingerprint density at radius 2 is 1.97 bits per heavy atom. The Balaban J connectivity index is 1.83. The molecule has 4 rings (SSSR count). The molecule has 1 amide bonds. The number of halogens is 1. The number of hydrogen-bond acceptors (Lipinski definition) is 6. The Labute approximate surface area is 184 Å². The lowest BCUT2D eigenvalue weighted by Gasteiger charge is -2.27. The number of ether oxygens (including phenoxy) is 2. The smallest absolute Gasteiger partial charge is 0.295 e. The van der Waals surface area contributed by atoms with E-state index in [0.717, 1.165) is 12.8 Å². The summed E-state index contributed by atoms with van der Waals surface area (Å²) in [6, 6.07) is 10.1. The van der Waals surface area contributed by atoms with Gasteiger partial charge in [-0.2, -0.15) is 0 Å². The fourth-order valence-electron chi connectivity index (χ4n) is 4.06. The molecule has 0 saturated carbocycles. The molecule has 2 heterocycles. The maximum Gasteiger partial charge on any atom is 0.295 e. The van der Waals surface area contributed by atoms with Gasteiger partial charge >= 0.3 is 0 Å². The number of phenolic OH excluding ortho intramolecular Hbond substituents is 1. The van der Waals surface area contributed by atoms with Gasteiger partial charge in [-0.15, -0.1) is 0 Å². The molecule has 2 aliphatic heterocycles. The summed E-state index contributed by atoms with van der Waals surface area (Å²) in [6.45, 7) is 0.812. The number of aromatic hydroxyl groups is 1. The van der Waals surface area contributed by atoms with Crippen LogP contribution in [0.15, 0.2) is 48.0 Å². The van der Waals surface area contributed by atoms with Gasteiger partial charge in [0, 0.05) is 23.7 Å². The highest BCUT2D eigenvalue weighted by molar-refractivity contribution is 6.46. The van der Waals surface area contributed by atoms with Gasteiger partial charge in [0.1, 0.15) is 5.76 Å². The van der Waals surface area contributed by atoms with Gasteiger partial charge in [-0.1, -0.05) is 17.7 Å². The van der Waals surface area contributed by atoms with Crippen LogP contribution >= 0.6 is 11.6 Å². The number of phenols is 1. The van der Waals surface area contributed by atoms with Gasteiger partial charge in [0.2, 0.25) is 0 Å². The first kappa shape index (κ1) is 21.2. The molecule has 2 aliphatic rings. The van der Waals surface area contributed by atoms with E-state index in [1.165, 1.54) is 18.1 Å². The number of likely N-dealkylation sites (tertiary alicyclic amines) is 1. The standard InChI is InChI=1S/C23H22ClNO6/c1-30-18-9-6-14(11-17(18)26)20-19(21(27)13-4-7-15(24)8-5-13)22(28)23(29)25(20)12-16-3-2-10-31-16/h4-9,11,16,20,26-27H,2-3,10,12H2,1H3/b21-19-. The van der Waals surface area contributed by atoms with Crippen molar-refractivity contribution in [2.45, 2.75) is 25.0 Å². The highest BCUT2D eigenvalue weighted by Crippen LogP contribution is 2.42. The van der Waals surface area contributed by atoms with E-state index in [2.05, 4.69) is 0 Å². The van der Waals surface area contributed by atoms with Crippen molar-refractivity contribution >= 4 is 29.1 Å². The van der Waals surface area contributed by atoms with Crippen LogP contribution in [0.25, 0.3) is 5.76 Å². The summed E-state index contributed by atoms with van der Waals surface area (Å²) in [5.74, 6) is -1.67. The summed E-state index contributed by atoms with van der Waals surface area (Å²) in [5, 5.41) is 21.8. The molecule has 0 bridgehead atoms. The second-order valence-corrected chi connectivity index (χ2v) is 7.96. The number of ketones is 1. The van der Waals surface area contributed by atoms with Crippen LogP contribution in [0.5, 0.6) is 11.5 Å². The van der Waals surface area contributed by atoms with Crippen molar-refractivity contribution in [1.82, 2.24) is 4.90 Å². The van der Waals surface area contributed by atoms with Crippen molar-refractivity contribution in [3.8, 4) is 11.5 Å². The summed E-state index contributed by atoms with van der Waals surface area (Å²) in [4.78, 5) is 27.4. The zero-order chi connectivity index (χ0) is 22.1. The van der Waals surface area contributed by atoms with E-state index < -0.39 is 17.7 Å². The maximum atomic E-state index is 13.0. The zero-order valence-electron chi connectivity index (χ0n) is 16.9. The third-order valence-electron chi connectivity index (χ3n) is 5.60. The summed E-state index contributed by atoms with van der Waals surface area (Å²) < 4.78 is 10.8. The first-order chi connectivity index (χ1) is 14.9. The lowest BCUT2D eigenvalue weighted by molar-refractivity contribution is -0.140. The summed E-state index contributed by atoms with van der Waals surface area (Å²) in [6.07, 6.45) is 1.47. The molecule has 2 aromatic rings. The average molecular weight is 444 g/mol. The minimum absolute atomic E-state index is 0.0464. The van der Waals surface area contributed by atoms with E-state index in [1.807, 2.05) is 0 Å². The lowest BCUT2D eigenvalue weighted by atomic mass is 9.95. The van der Waals surface area contributed by atoms with Crippen LogP contribution in [0.2, 0.25) is 5.02 Å². The SMILES string of the molecule is COc1ccc(C2/C(=C(/O)c3ccc(Cl)cc3)C(=O)C(=O)N2CC2CCCO2)cc1O. The molecule has 0 aliphatic carbocycles. The quantitative estimate of drug-likeness (QED) is 0.416. The van der Waals surface area contributed by atoms with Gasteiger partial charge in [0.25, 0.3) is 11.7 Å². The summed E-state index contributed by atoms with van der Waals surface area (Å²) in [7, 11) is 1.43. The number of Topliss-reactive ketones (excluding diaryl/α,β-unsaturated/α-hetero) is 1. The molecule has 31 heavy (non-hydrogen) atoms. The predicted molar refractivity (Wildman–Crippen MR) is 114 cm³/mol. The fourth-order valence-corrected chi connectivity index (χ4v) is 4.19. The molecule has 0 aromatic heterocycles. The highest BCUT2D eigenvalue weighted by atomic mass is 35.5. The first-order valence-electron chi connectivity index (χ1n) is 9.93. The molecular formula is C23H22ClNO6. The van der Waals surface area contributed by atoms with Crippen molar-refractivity contribution in [3.63, 3.8) is 0 Å². The molecule has 8 heteroatoms. The van der Waals surface area contributed by atoms with Crippen LogP contribution < -0.4 is 4.74 Å². The average Bonchev–Trinajstić information content (AvgIpc) is 3.36. The number of nitrogens with zero attached hydrogens (tertiary/aromatic N) is 1. The number of carbonyl (C=O) groups excluding carboxylic acids is 2. The third kappa shape index (κ3) is 3.98. The summed E-state index contributed by atoms with van der Waals surface area (Å²) in [5.41, 5.74) is 0.795. The van der Waals surface area contributed by atoms with Crippen molar-refractivity contribution in [2.75, 3.05) is 20.3 Å². The Morgan fingerprint density at radius 1 is 1.23 bits per heavy atom. The number of hydrogen-bond donors (Lipinski definition) is 2. The topological polar surface area (TPSA) is 96.3 Å². The van der Waals surface area contributed by atoms with Crippen LogP contribution in [0, 0.1) is 0 Å². The molecule has 0 spiro atoms. The van der Waals surface area contributed by atoms with Gasteiger partial charge in [-0.05, 0) is 54.8 Å². The molecule has 2 saturated heterocycles. The van der Waals surface area contributed by atoms with Crippen molar-refractivity contribution in [3.05, 3.63) is 64.2 Å². The molecule has 2 N–H and O–H groups in total. The minimum Gasteiger partial charge on any atom is -0.507 e. The zero-order valence-corrected chi connectivity index (χ0v) is 17.6. The second-order valence-electron chi connectivity index (χ2n) is 7.52. The van der Waals surface area contributed by atoms with Crippen LogP contribution in [0.3, 0.4) is 0 Å². The van der Waals surface area contributed by atoms with Crippen LogP contribution in [-0.2, 0) is 14.3 Å². The number of carbonyl (C=O) groups is 2. The Hall–Kier alpha value is -3.03. The number of aliphatic hydroxyl groups excluding tert-OH is 1. The second kappa shape index (κ2) is 8.61.